The predicted octanol–water partition coefficient (Wildman–Crippen LogP) is 2.49. The number of amides is 1. The maximum atomic E-state index is 12.9. The van der Waals surface area contributed by atoms with Crippen LogP contribution in [-0.2, 0) is 0 Å². The molecule has 6 nitrogen and oxygen atoms in total. The van der Waals surface area contributed by atoms with Gasteiger partial charge in [0.25, 0.3) is 5.91 Å². The number of carbonyl (C=O) groups is 1. The standard InChI is InChI=1S/C18H23N5OS/c24-17(16-14-15(4-5-19-16)21-7-1-2-8-21)22-9-3-10-23(12-11-22)18-20-6-13-25-18/h4-6,13-14H,1-3,7-12H2. The summed E-state index contributed by atoms with van der Waals surface area (Å²) in [4.78, 5) is 28.2. The molecule has 0 radical (unpaired) electrons. The summed E-state index contributed by atoms with van der Waals surface area (Å²) < 4.78 is 0. The van der Waals surface area contributed by atoms with Crippen LogP contribution in [0.15, 0.2) is 29.9 Å². The molecule has 0 saturated carbocycles. The van der Waals surface area contributed by atoms with Gasteiger partial charge in [-0.1, -0.05) is 0 Å². The van der Waals surface area contributed by atoms with Crippen molar-refractivity contribution < 1.29 is 4.79 Å². The average Bonchev–Trinajstić information content (AvgIpc) is 3.32. The number of hydrogen-bond acceptors (Lipinski definition) is 6. The molecule has 1 amide bonds. The Morgan fingerprint density at radius 1 is 0.920 bits per heavy atom. The minimum absolute atomic E-state index is 0.0436. The van der Waals surface area contributed by atoms with E-state index in [2.05, 4.69) is 19.8 Å². The minimum atomic E-state index is 0.0436. The number of thiazole rings is 1. The molecule has 0 aromatic carbocycles. The van der Waals surface area contributed by atoms with Gasteiger partial charge in [-0.15, -0.1) is 11.3 Å². The van der Waals surface area contributed by atoms with E-state index in [4.69, 9.17) is 0 Å². The number of nitrogens with zero attached hydrogens (tertiary/aromatic N) is 5. The van der Waals surface area contributed by atoms with Crippen LogP contribution in [0.25, 0.3) is 0 Å². The third-order valence-electron chi connectivity index (χ3n) is 4.91. The van der Waals surface area contributed by atoms with Crippen molar-refractivity contribution in [1.82, 2.24) is 14.9 Å². The van der Waals surface area contributed by atoms with Gasteiger partial charge in [-0.05, 0) is 31.4 Å². The van der Waals surface area contributed by atoms with Crippen LogP contribution in [0.3, 0.4) is 0 Å². The fourth-order valence-electron chi connectivity index (χ4n) is 3.55. The Labute approximate surface area is 152 Å². The summed E-state index contributed by atoms with van der Waals surface area (Å²) >= 11 is 1.65. The topological polar surface area (TPSA) is 52.6 Å². The Hall–Kier alpha value is -2.15. The Morgan fingerprint density at radius 2 is 1.76 bits per heavy atom. The van der Waals surface area contributed by atoms with Crippen LogP contribution < -0.4 is 9.80 Å². The van der Waals surface area contributed by atoms with E-state index in [0.29, 0.717) is 12.2 Å². The predicted molar refractivity (Wildman–Crippen MR) is 101 cm³/mol. The molecule has 4 rings (SSSR count). The number of carbonyl (C=O) groups excluding carboxylic acids is 1. The van der Waals surface area contributed by atoms with Gasteiger partial charge < -0.3 is 14.7 Å². The van der Waals surface area contributed by atoms with Crippen LogP contribution >= 0.6 is 11.3 Å². The highest BCUT2D eigenvalue weighted by Gasteiger charge is 2.23. The molecule has 0 aliphatic carbocycles. The lowest BCUT2D eigenvalue weighted by Crippen LogP contribution is -2.35. The molecule has 2 fully saturated rings. The van der Waals surface area contributed by atoms with Crippen LogP contribution in [0.4, 0.5) is 10.8 Å². The lowest BCUT2D eigenvalue weighted by molar-refractivity contribution is 0.0761. The van der Waals surface area contributed by atoms with E-state index in [1.54, 1.807) is 17.5 Å². The number of rotatable bonds is 3. The molecule has 0 unspecified atom stereocenters. The summed E-state index contributed by atoms with van der Waals surface area (Å²) in [7, 11) is 0. The highest BCUT2D eigenvalue weighted by Crippen LogP contribution is 2.22. The van der Waals surface area contributed by atoms with Crippen molar-refractivity contribution in [2.24, 2.45) is 0 Å². The van der Waals surface area contributed by atoms with Gasteiger partial charge in [-0.3, -0.25) is 9.78 Å². The summed E-state index contributed by atoms with van der Waals surface area (Å²) in [5, 5.41) is 3.04. The van der Waals surface area contributed by atoms with Gasteiger partial charge in [0, 0.05) is 62.7 Å². The molecule has 0 atom stereocenters. The van der Waals surface area contributed by atoms with Crippen molar-refractivity contribution in [2.45, 2.75) is 19.3 Å². The second-order valence-electron chi connectivity index (χ2n) is 6.54. The van der Waals surface area contributed by atoms with Gasteiger partial charge in [0.1, 0.15) is 5.69 Å². The maximum absolute atomic E-state index is 12.9. The molecule has 0 N–H and O–H groups in total. The lowest BCUT2D eigenvalue weighted by Gasteiger charge is -2.22. The first-order valence-corrected chi connectivity index (χ1v) is 9.84. The Kier molecular flexibility index (Phi) is 4.83. The lowest BCUT2D eigenvalue weighted by atomic mass is 10.2. The van der Waals surface area contributed by atoms with Gasteiger partial charge >= 0.3 is 0 Å². The van der Waals surface area contributed by atoms with Gasteiger partial charge in [-0.25, -0.2) is 4.98 Å². The maximum Gasteiger partial charge on any atom is 0.272 e. The van der Waals surface area contributed by atoms with E-state index in [9.17, 15) is 4.79 Å². The first kappa shape index (κ1) is 16.3. The molecule has 4 heterocycles. The molecule has 7 heteroatoms. The van der Waals surface area contributed by atoms with Crippen molar-refractivity contribution >= 4 is 28.1 Å². The normalized spacial score (nSPS) is 18.5. The van der Waals surface area contributed by atoms with Crippen LogP contribution in [-0.4, -0.2) is 60.0 Å². The Bertz CT molecular complexity index is 714. The second-order valence-corrected chi connectivity index (χ2v) is 7.41. The number of pyridine rings is 1. The van der Waals surface area contributed by atoms with Gasteiger partial charge in [0.15, 0.2) is 5.13 Å². The number of hydrogen-bond donors (Lipinski definition) is 0. The van der Waals surface area contributed by atoms with E-state index < -0.39 is 0 Å². The van der Waals surface area contributed by atoms with E-state index in [1.807, 2.05) is 28.6 Å². The van der Waals surface area contributed by atoms with E-state index in [-0.39, 0.29) is 5.91 Å². The molecule has 0 spiro atoms. The van der Waals surface area contributed by atoms with Crippen LogP contribution in [0.5, 0.6) is 0 Å². The quantitative estimate of drug-likeness (QED) is 0.845. The summed E-state index contributed by atoms with van der Waals surface area (Å²) in [6, 6.07) is 3.96. The number of aromatic nitrogens is 2. The van der Waals surface area contributed by atoms with Crippen LogP contribution in [0, 0.1) is 0 Å². The molecule has 2 aromatic heterocycles. The van der Waals surface area contributed by atoms with Crippen molar-refractivity contribution in [3.8, 4) is 0 Å². The van der Waals surface area contributed by atoms with Crippen LogP contribution in [0.2, 0.25) is 0 Å². The molecule has 2 aliphatic heterocycles. The smallest absolute Gasteiger partial charge is 0.272 e. The Balaban J connectivity index is 1.44. The summed E-state index contributed by atoms with van der Waals surface area (Å²) in [6.45, 7) is 5.40. The third-order valence-corrected chi connectivity index (χ3v) is 5.74. The third kappa shape index (κ3) is 3.61. The molecular weight excluding hydrogens is 334 g/mol. The van der Waals surface area contributed by atoms with Crippen LogP contribution in [0.1, 0.15) is 29.8 Å². The number of anilines is 2. The van der Waals surface area contributed by atoms with Crippen molar-refractivity contribution in [1.29, 1.82) is 0 Å². The summed E-state index contributed by atoms with van der Waals surface area (Å²) in [6.07, 6.45) is 7.01. The average molecular weight is 357 g/mol. The zero-order valence-electron chi connectivity index (χ0n) is 14.3. The molecule has 25 heavy (non-hydrogen) atoms. The molecule has 2 aliphatic rings. The van der Waals surface area contributed by atoms with Crippen molar-refractivity contribution in [3.05, 3.63) is 35.6 Å². The molecule has 2 aromatic rings. The first-order chi connectivity index (χ1) is 12.3. The fourth-order valence-corrected chi connectivity index (χ4v) is 4.25. The van der Waals surface area contributed by atoms with E-state index in [1.165, 1.54) is 12.8 Å². The zero-order valence-corrected chi connectivity index (χ0v) is 15.1. The molecular formula is C18H23N5OS. The van der Waals surface area contributed by atoms with Gasteiger partial charge in [0.2, 0.25) is 0 Å². The summed E-state index contributed by atoms with van der Waals surface area (Å²) in [5.41, 5.74) is 1.68. The monoisotopic (exact) mass is 357 g/mol. The van der Waals surface area contributed by atoms with Crippen molar-refractivity contribution in [2.75, 3.05) is 49.1 Å². The molecule has 0 bridgehead atoms. The fraction of sp³-hybridized carbons (Fsp3) is 0.500. The highest BCUT2D eigenvalue weighted by atomic mass is 32.1. The Morgan fingerprint density at radius 3 is 2.56 bits per heavy atom. The second kappa shape index (κ2) is 7.39. The summed E-state index contributed by atoms with van der Waals surface area (Å²) in [5.74, 6) is 0.0436. The van der Waals surface area contributed by atoms with Crippen molar-refractivity contribution in [3.63, 3.8) is 0 Å². The first-order valence-electron chi connectivity index (χ1n) is 8.96. The van der Waals surface area contributed by atoms with Gasteiger partial charge in [-0.2, -0.15) is 0 Å². The molecule has 132 valence electrons. The highest BCUT2D eigenvalue weighted by molar-refractivity contribution is 7.13. The minimum Gasteiger partial charge on any atom is -0.371 e. The van der Waals surface area contributed by atoms with Gasteiger partial charge in [0.05, 0.1) is 0 Å². The molecule has 2 saturated heterocycles. The zero-order chi connectivity index (χ0) is 17.1. The van der Waals surface area contributed by atoms with E-state index >= 15 is 0 Å². The SMILES string of the molecule is O=C(c1cc(N2CCCC2)ccn1)N1CCCN(c2nccs2)CC1. The van der Waals surface area contributed by atoms with E-state index in [0.717, 1.165) is 50.0 Å². The largest absolute Gasteiger partial charge is 0.371 e.